The Morgan fingerprint density at radius 1 is 1.42 bits per heavy atom. The molecular weight excluding hydrogens is 156 g/mol. The van der Waals surface area contributed by atoms with Crippen LogP contribution in [0.5, 0.6) is 17.2 Å². The minimum atomic E-state index is 0.0852. The lowest BCUT2D eigenvalue weighted by Crippen LogP contribution is -2.25. The number of phenols is 1. The zero-order valence-corrected chi connectivity index (χ0v) is 6.78. The van der Waals surface area contributed by atoms with Crippen molar-refractivity contribution < 1.29 is 14.6 Å². The predicted molar refractivity (Wildman–Crippen MR) is 43.7 cm³/mol. The van der Waals surface area contributed by atoms with Crippen LogP contribution in [0.25, 0.3) is 0 Å². The topological polar surface area (TPSA) is 38.7 Å². The number of benzene rings is 1. The highest BCUT2D eigenvalue weighted by molar-refractivity contribution is 5.45. The van der Waals surface area contributed by atoms with Gasteiger partial charge in [-0.3, -0.25) is 0 Å². The van der Waals surface area contributed by atoms with Gasteiger partial charge in [0.05, 0.1) is 0 Å². The molecule has 0 aromatic heterocycles. The van der Waals surface area contributed by atoms with Crippen LogP contribution in [0.2, 0.25) is 0 Å². The van der Waals surface area contributed by atoms with E-state index < -0.39 is 0 Å². The summed E-state index contributed by atoms with van der Waals surface area (Å²) in [4.78, 5) is 0. The van der Waals surface area contributed by atoms with Crippen LogP contribution >= 0.6 is 0 Å². The Labute approximate surface area is 70.5 Å². The summed E-state index contributed by atoms with van der Waals surface area (Å²) in [6, 6.07) is 4.85. The molecule has 0 saturated heterocycles. The molecule has 12 heavy (non-hydrogen) atoms. The summed E-state index contributed by atoms with van der Waals surface area (Å²) < 4.78 is 10.8. The van der Waals surface area contributed by atoms with Gasteiger partial charge in [0.2, 0.25) is 0 Å². The lowest BCUT2D eigenvalue weighted by molar-refractivity contribution is 0.104. The fraction of sp³-hybridized carbons (Fsp3) is 0.333. The maximum Gasteiger partial charge on any atom is 0.165 e. The van der Waals surface area contributed by atoms with E-state index in [9.17, 15) is 0 Å². The summed E-state index contributed by atoms with van der Waals surface area (Å²) in [5.74, 6) is 1.52. The van der Waals surface area contributed by atoms with Gasteiger partial charge in [-0.25, -0.2) is 0 Å². The van der Waals surface area contributed by atoms with Gasteiger partial charge in [0.1, 0.15) is 18.5 Å². The van der Waals surface area contributed by atoms with Crippen molar-refractivity contribution in [2.45, 2.75) is 13.0 Å². The lowest BCUT2D eigenvalue weighted by atomic mass is 10.2. The van der Waals surface area contributed by atoms with Crippen molar-refractivity contribution in [2.75, 3.05) is 6.61 Å². The molecule has 0 saturated carbocycles. The third kappa shape index (κ3) is 1.18. The smallest absolute Gasteiger partial charge is 0.165 e. The number of phenolic OH excluding ortho intramolecular Hbond substituents is 1. The van der Waals surface area contributed by atoms with Gasteiger partial charge in [0, 0.05) is 6.07 Å². The molecule has 0 amide bonds. The summed E-state index contributed by atoms with van der Waals surface area (Å²) in [6.07, 6.45) is 0.0852. The molecule has 1 aromatic rings. The Morgan fingerprint density at radius 3 is 3.08 bits per heavy atom. The minimum absolute atomic E-state index is 0.0852. The summed E-state index contributed by atoms with van der Waals surface area (Å²) in [6.45, 7) is 2.48. The van der Waals surface area contributed by atoms with E-state index in [1.807, 2.05) is 6.92 Å². The molecular formula is C9H10O3. The molecule has 1 aliphatic rings. The maximum absolute atomic E-state index is 9.12. The molecule has 1 aliphatic heterocycles. The third-order valence-electron chi connectivity index (χ3n) is 1.73. The Kier molecular flexibility index (Phi) is 1.57. The standard InChI is InChI=1S/C9H10O3/c1-6-5-11-9-4-7(10)2-3-8(9)12-6/h2-4,6,10H,5H2,1H3. The summed E-state index contributed by atoms with van der Waals surface area (Å²) >= 11 is 0. The van der Waals surface area contributed by atoms with Gasteiger partial charge in [0.25, 0.3) is 0 Å². The van der Waals surface area contributed by atoms with Crippen LogP contribution in [0, 0.1) is 0 Å². The van der Waals surface area contributed by atoms with Gasteiger partial charge >= 0.3 is 0 Å². The van der Waals surface area contributed by atoms with Crippen molar-refractivity contribution in [2.24, 2.45) is 0 Å². The van der Waals surface area contributed by atoms with Crippen molar-refractivity contribution in [3.8, 4) is 17.2 Å². The van der Waals surface area contributed by atoms with E-state index in [0.29, 0.717) is 18.1 Å². The second kappa shape index (κ2) is 2.59. The summed E-state index contributed by atoms with van der Waals surface area (Å²) in [7, 11) is 0. The highest BCUT2D eigenvalue weighted by Gasteiger charge is 2.16. The zero-order chi connectivity index (χ0) is 8.55. The summed E-state index contributed by atoms with van der Waals surface area (Å²) in [5, 5.41) is 9.12. The van der Waals surface area contributed by atoms with Crippen LogP contribution < -0.4 is 9.47 Å². The Balaban J connectivity index is 2.37. The zero-order valence-electron chi connectivity index (χ0n) is 6.78. The predicted octanol–water partition coefficient (Wildman–Crippen LogP) is 1.55. The number of fused-ring (bicyclic) bond motifs is 1. The summed E-state index contributed by atoms with van der Waals surface area (Å²) in [5.41, 5.74) is 0. The quantitative estimate of drug-likeness (QED) is 0.635. The largest absolute Gasteiger partial charge is 0.508 e. The third-order valence-corrected chi connectivity index (χ3v) is 1.73. The number of rotatable bonds is 0. The van der Waals surface area contributed by atoms with Gasteiger partial charge in [-0.2, -0.15) is 0 Å². The monoisotopic (exact) mass is 166 g/mol. The SMILES string of the molecule is CC1COc2cc(O)ccc2O1. The van der Waals surface area contributed by atoms with E-state index in [0.717, 1.165) is 0 Å². The van der Waals surface area contributed by atoms with Crippen molar-refractivity contribution >= 4 is 0 Å². The van der Waals surface area contributed by atoms with Crippen molar-refractivity contribution in [3.05, 3.63) is 18.2 Å². The minimum Gasteiger partial charge on any atom is -0.508 e. The first-order valence-electron chi connectivity index (χ1n) is 3.88. The number of hydrogen-bond donors (Lipinski definition) is 1. The second-order valence-electron chi connectivity index (χ2n) is 2.87. The van der Waals surface area contributed by atoms with Crippen molar-refractivity contribution in [3.63, 3.8) is 0 Å². The van der Waals surface area contributed by atoms with E-state index in [1.54, 1.807) is 18.2 Å². The van der Waals surface area contributed by atoms with Gasteiger partial charge in [0.15, 0.2) is 11.5 Å². The normalized spacial score (nSPS) is 20.6. The van der Waals surface area contributed by atoms with E-state index in [2.05, 4.69) is 0 Å². The Hall–Kier alpha value is -1.38. The van der Waals surface area contributed by atoms with E-state index >= 15 is 0 Å². The van der Waals surface area contributed by atoms with E-state index in [4.69, 9.17) is 14.6 Å². The van der Waals surface area contributed by atoms with Crippen LogP contribution in [0.1, 0.15) is 6.92 Å². The van der Waals surface area contributed by atoms with Gasteiger partial charge < -0.3 is 14.6 Å². The van der Waals surface area contributed by atoms with Crippen LogP contribution in [0.15, 0.2) is 18.2 Å². The number of hydrogen-bond acceptors (Lipinski definition) is 3. The fourth-order valence-electron chi connectivity index (χ4n) is 1.16. The average Bonchev–Trinajstić information content (AvgIpc) is 2.05. The molecule has 0 fully saturated rings. The van der Waals surface area contributed by atoms with Gasteiger partial charge in [-0.1, -0.05) is 0 Å². The molecule has 0 spiro atoms. The lowest BCUT2D eigenvalue weighted by Gasteiger charge is -2.23. The van der Waals surface area contributed by atoms with Crippen LogP contribution in [-0.2, 0) is 0 Å². The second-order valence-corrected chi connectivity index (χ2v) is 2.87. The molecule has 64 valence electrons. The first-order valence-corrected chi connectivity index (χ1v) is 3.88. The van der Waals surface area contributed by atoms with Gasteiger partial charge in [-0.15, -0.1) is 0 Å². The molecule has 1 unspecified atom stereocenters. The average molecular weight is 166 g/mol. The highest BCUT2D eigenvalue weighted by atomic mass is 16.6. The molecule has 1 atom stereocenters. The van der Waals surface area contributed by atoms with Gasteiger partial charge in [-0.05, 0) is 19.1 Å². The molecule has 2 rings (SSSR count). The van der Waals surface area contributed by atoms with Crippen LogP contribution in [0.4, 0.5) is 0 Å². The molecule has 3 nitrogen and oxygen atoms in total. The first-order chi connectivity index (χ1) is 5.75. The molecule has 0 aliphatic carbocycles. The van der Waals surface area contributed by atoms with Crippen LogP contribution in [0.3, 0.4) is 0 Å². The molecule has 1 N–H and O–H groups in total. The van der Waals surface area contributed by atoms with E-state index in [-0.39, 0.29) is 11.9 Å². The van der Waals surface area contributed by atoms with E-state index in [1.165, 1.54) is 0 Å². The Morgan fingerprint density at radius 2 is 2.25 bits per heavy atom. The number of aromatic hydroxyl groups is 1. The Bertz CT molecular complexity index is 296. The van der Waals surface area contributed by atoms with Crippen LogP contribution in [-0.4, -0.2) is 17.8 Å². The number of ether oxygens (including phenoxy) is 2. The maximum atomic E-state index is 9.12. The fourth-order valence-corrected chi connectivity index (χ4v) is 1.16. The highest BCUT2D eigenvalue weighted by Crippen LogP contribution is 2.34. The molecule has 0 bridgehead atoms. The molecule has 3 heteroatoms. The molecule has 1 aromatic carbocycles. The molecule has 1 heterocycles. The van der Waals surface area contributed by atoms with Crippen molar-refractivity contribution in [1.29, 1.82) is 0 Å². The van der Waals surface area contributed by atoms with Crippen molar-refractivity contribution in [1.82, 2.24) is 0 Å². The first kappa shape index (κ1) is 7.28. The molecule has 0 radical (unpaired) electrons.